The van der Waals surface area contributed by atoms with Crippen LogP contribution in [0, 0.1) is 0 Å². The van der Waals surface area contributed by atoms with Crippen LogP contribution in [0.2, 0.25) is 0 Å². The maximum absolute atomic E-state index is 9.11. The SMILES string of the molecule is C[C@@H](O)CN(C)Cc1cccs1. The Morgan fingerprint density at radius 3 is 2.92 bits per heavy atom. The molecule has 0 fully saturated rings. The van der Waals surface area contributed by atoms with Crippen LogP contribution in [0.1, 0.15) is 11.8 Å². The molecule has 0 aliphatic rings. The molecule has 2 nitrogen and oxygen atoms in total. The van der Waals surface area contributed by atoms with E-state index in [1.165, 1.54) is 4.88 Å². The molecule has 1 rings (SSSR count). The first-order valence-corrected chi connectivity index (χ1v) is 4.95. The van der Waals surface area contributed by atoms with Crippen molar-refractivity contribution in [3.8, 4) is 0 Å². The third-order valence-electron chi connectivity index (χ3n) is 1.58. The van der Waals surface area contributed by atoms with Crippen molar-refractivity contribution in [2.75, 3.05) is 13.6 Å². The molecule has 0 unspecified atom stereocenters. The van der Waals surface area contributed by atoms with Gasteiger partial charge in [-0.3, -0.25) is 4.90 Å². The number of thiophene rings is 1. The van der Waals surface area contributed by atoms with Gasteiger partial charge in [-0.05, 0) is 25.4 Å². The Hall–Kier alpha value is -0.380. The first-order valence-electron chi connectivity index (χ1n) is 4.07. The average Bonchev–Trinajstić information content (AvgIpc) is 2.37. The van der Waals surface area contributed by atoms with Crippen LogP contribution < -0.4 is 0 Å². The van der Waals surface area contributed by atoms with Crippen molar-refractivity contribution in [2.24, 2.45) is 0 Å². The standard InChI is InChI=1S/C9H15NOS/c1-8(11)6-10(2)7-9-4-3-5-12-9/h3-5,8,11H,6-7H2,1-2H3/t8-/m1/s1. The first kappa shape index (κ1) is 9.71. The summed E-state index contributed by atoms with van der Waals surface area (Å²) in [6.07, 6.45) is -0.241. The normalized spacial score (nSPS) is 13.7. The van der Waals surface area contributed by atoms with Gasteiger partial charge in [-0.25, -0.2) is 0 Å². The van der Waals surface area contributed by atoms with E-state index in [0.29, 0.717) is 0 Å². The summed E-state index contributed by atoms with van der Waals surface area (Å²) in [5.41, 5.74) is 0. The summed E-state index contributed by atoms with van der Waals surface area (Å²) in [7, 11) is 2.02. The van der Waals surface area contributed by atoms with Gasteiger partial charge in [-0.15, -0.1) is 11.3 Å². The number of hydrogen-bond acceptors (Lipinski definition) is 3. The Labute approximate surface area is 77.5 Å². The van der Waals surface area contributed by atoms with E-state index in [9.17, 15) is 0 Å². The maximum Gasteiger partial charge on any atom is 0.0639 e. The molecule has 0 aromatic carbocycles. The van der Waals surface area contributed by atoms with Gasteiger partial charge in [0.05, 0.1) is 6.10 Å². The molecule has 0 aliphatic heterocycles. The van der Waals surface area contributed by atoms with E-state index in [1.54, 1.807) is 11.3 Å². The van der Waals surface area contributed by atoms with Gasteiger partial charge in [0, 0.05) is 18.0 Å². The molecule has 0 spiro atoms. The minimum atomic E-state index is -0.241. The van der Waals surface area contributed by atoms with Crippen molar-refractivity contribution < 1.29 is 5.11 Å². The van der Waals surface area contributed by atoms with Crippen LogP contribution in [0.15, 0.2) is 17.5 Å². The largest absolute Gasteiger partial charge is 0.392 e. The summed E-state index contributed by atoms with van der Waals surface area (Å²) in [5, 5.41) is 11.2. The molecule has 12 heavy (non-hydrogen) atoms. The van der Waals surface area contributed by atoms with Gasteiger partial charge in [-0.2, -0.15) is 0 Å². The molecule has 3 heteroatoms. The fraction of sp³-hybridized carbons (Fsp3) is 0.556. The highest BCUT2D eigenvalue weighted by Crippen LogP contribution is 2.10. The van der Waals surface area contributed by atoms with E-state index in [2.05, 4.69) is 22.4 Å². The Balaban J connectivity index is 2.32. The highest BCUT2D eigenvalue weighted by molar-refractivity contribution is 7.09. The molecule has 1 N–H and O–H groups in total. The minimum Gasteiger partial charge on any atom is -0.392 e. The summed E-state index contributed by atoms with van der Waals surface area (Å²) in [5.74, 6) is 0. The number of aliphatic hydroxyl groups is 1. The Bertz CT molecular complexity index is 208. The van der Waals surface area contributed by atoms with E-state index >= 15 is 0 Å². The zero-order chi connectivity index (χ0) is 8.97. The highest BCUT2D eigenvalue weighted by Gasteiger charge is 2.03. The molecule has 1 atom stereocenters. The monoisotopic (exact) mass is 185 g/mol. The van der Waals surface area contributed by atoms with Crippen LogP contribution in [-0.2, 0) is 6.54 Å². The van der Waals surface area contributed by atoms with Crippen molar-refractivity contribution in [2.45, 2.75) is 19.6 Å². The molecular weight excluding hydrogens is 170 g/mol. The summed E-state index contributed by atoms with van der Waals surface area (Å²) in [4.78, 5) is 3.47. The van der Waals surface area contributed by atoms with Crippen molar-refractivity contribution in [3.05, 3.63) is 22.4 Å². The predicted molar refractivity (Wildman–Crippen MR) is 52.3 cm³/mol. The number of rotatable bonds is 4. The maximum atomic E-state index is 9.11. The first-order chi connectivity index (χ1) is 5.68. The number of nitrogens with zero attached hydrogens (tertiary/aromatic N) is 1. The molecule has 0 radical (unpaired) electrons. The van der Waals surface area contributed by atoms with Crippen LogP contribution >= 0.6 is 11.3 Å². The van der Waals surface area contributed by atoms with Crippen LogP contribution in [0.4, 0.5) is 0 Å². The highest BCUT2D eigenvalue weighted by atomic mass is 32.1. The van der Waals surface area contributed by atoms with E-state index < -0.39 is 0 Å². The summed E-state index contributed by atoms with van der Waals surface area (Å²) in [6.45, 7) is 3.48. The fourth-order valence-corrected chi connectivity index (χ4v) is 1.97. The van der Waals surface area contributed by atoms with Crippen LogP contribution in [0.3, 0.4) is 0 Å². The van der Waals surface area contributed by atoms with Crippen molar-refractivity contribution >= 4 is 11.3 Å². The quantitative estimate of drug-likeness (QED) is 0.769. The third-order valence-corrected chi connectivity index (χ3v) is 2.44. The van der Waals surface area contributed by atoms with Crippen LogP contribution in [-0.4, -0.2) is 29.7 Å². The van der Waals surface area contributed by atoms with Gasteiger partial charge >= 0.3 is 0 Å². The zero-order valence-corrected chi connectivity index (χ0v) is 8.34. The van der Waals surface area contributed by atoms with Crippen molar-refractivity contribution in [1.29, 1.82) is 0 Å². The summed E-state index contributed by atoms with van der Waals surface area (Å²) >= 11 is 1.76. The van der Waals surface area contributed by atoms with E-state index in [-0.39, 0.29) is 6.10 Å². The molecule has 0 bridgehead atoms. The third kappa shape index (κ3) is 3.34. The molecule has 0 amide bonds. The van der Waals surface area contributed by atoms with E-state index in [0.717, 1.165) is 13.1 Å². The Morgan fingerprint density at radius 1 is 1.67 bits per heavy atom. The van der Waals surface area contributed by atoms with Gasteiger partial charge in [0.1, 0.15) is 0 Å². The minimum absolute atomic E-state index is 0.241. The lowest BCUT2D eigenvalue weighted by atomic mass is 10.3. The number of aliphatic hydroxyl groups excluding tert-OH is 1. The lowest BCUT2D eigenvalue weighted by molar-refractivity contribution is 0.139. The van der Waals surface area contributed by atoms with E-state index in [4.69, 9.17) is 5.11 Å². The number of hydrogen-bond donors (Lipinski definition) is 1. The van der Waals surface area contributed by atoms with Crippen LogP contribution in [0.5, 0.6) is 0 Å². The molecule has 0 saturated carbocycles. The molecule has 0 saturated heterocycles. The van der Waals surface area contributed by atoms with Gasteiger partial charge < -0.3 is 5.11 Å². The van der Waals surface area contributed by atoms with Gasteiger partial charge in [0.15, 0.2) is 0 Å². The van der Waals surface area contributed by atoms with Crippen LogP contribution in [0.25, 0.3) is 0 Å². The zero-order valence-electron chi connectivity index (χ0n) is 7.53. The van der Waals surface area contributed by atoms with Gasteiger partial charge in [0.25, 0.3) is 0 Å². The summed E-state index contributed by atoms with van der Waals surface area (Å²) < 4.78 is 0. The second-order valence-corrected chi connectivity index (χ2v) is 4.16. The second-order valence-electron chi connectivity index (χ2n) is 3.13. The number of likely N-dealkylation sites (N-methyl/N-ethyl adjacent to an activating group) is 1. The molecule has 1 heterocycles. The Kier molecular flexibility index (Phi) is 3.72. The van der Waals surface area contributed by atoms with E-state index in [1.807, 2.05) is 14.0 Å². The average molecular weight is 185 g/mol. The van der Waals surface area contributed by atoms with Gasteiger partial charge in [0.2, 0.25) is 0 Å². The second kappa shape index (κ2) is 4.60. The lowest BCUT2D eigenvalue weighted by Crippen LogP contribution is -2.26. The smallest absolute Gasteiger partial charge is 0.0639 e. The topological polar surface area (TPSA) is 23.5 Å². The fourth-order valence-electron chi connectivity index (χ4n) is 1.18. The Morgan fingerprint density at radius 2 is 2.42 bits per heavy atom. The molecular formula is C9H15NOS. The molecule has 1 aromatic rings. The lowest BCUT2D eigenvalue weighted by Gasteiger charge is -2.16. The molecule has 0 aliphatic carbocycles. The molecule has 1 aromatic heterocycles. The van der Waals surface area contributed by atoms with Crippen molar-refractivity contribution in [3.63, 3.8) is 0 Å². The molecule has 68 valence electrons. The van der Waals surface area contributed by atoms with Crippen molar-refractivity contribution in [1.82, 2.24) is 4.90 Å². The van der Waals surface area contributed by atoms with Gasteiger partial charge in [-0.1, -0.05) is 6.07 Å². The summed E-state index contributed by atoms with van der Waals surface area (Å²) in [6, 6.07) is 4.17. The predicted octanol–water partition coefficient (Wildman–Crippen LogP) is 1.56.